The first-order valence-electron chi connectivity index (χ1n) is 13.4. The molecule has 2 N–H and O–H groups in total. The normalized spacial score (nSPS) is 11.5. The Morgan fingerprint density at radius 2 is 1.81 bits per heavy atom. The fraction of sp³-hybridized carbons (Fsp3) is 0.219. The van der Waals surface area contributed by atoms with Crippen LogP contribution in [-0.2, 0) is 13.0 Å². The molecule has 0 aliphatic heterocycles. The van der Waals surface area contributed by atoms with Gasteiger partial charge in [-0.25, -0.2) is 9.07 Å². The Balaban J connectivity index is 1.45. The van der Waals surface area contributed by atoms with Crippen LogP contribution in [0, 0.1) is 5.82 Å². The van der Waals surface area contributed by atoms with Gasteiger partial charge < -0.3 is 19.9 Å². The molecule has 0 aliphatic rings. The maximum absolute atomic E-state index is 15.2. The highest BCUT2D eigenvalue weighted by Crippen LogP contribution is 2.33. The van der Waals surface area contributed by atoms with E-state index in [1.54, 1.807) is 80.4 Å². The molecule has 216 valence electrons. The average molecular weight is 571 g/mol. The molecule has 5 aromatic rings. The molecule has 3 aromatic carbocycles. The molecule has 0 aliphatic carbocycles. The second-order valence-corrected chi connectivity index (χ2v) is 10.4. The lowest BCUT2D eigenvalue weighted by molar-refractivity contribution is 0.0543. The lowest BCUT2D eigenvalue weighted by Crippen LogP contribution is -2.32. The summed E-state index contributed by atoms with van der Waals surface area (Å²) >= 11 is 0. The number of anilines is 1. The molecule has 2 heterocycles. The van der Waals surface area contributed by atoms with Crippen LogP contribution in [0.5, 0.6) is 17.2 Å². The van der Waals surface area contributed by atoms with Gasteiger partial charge in [-0.15, -0.1) is 0 Å². The number of carbonyl (C=O) groups is 1. The number of halogens is 1. The maximum atomic E-state index is 15.2. The molecule has 0 atom stereocenters. The Kier molecular flexibility index (Phi) is 7.82. The van der Waals surface area contributed by atoms with Crippen LogP contribution >= 0.6 is 0 Å². The number of para-hydroxylation sites is 1. The summed E-state index contributed by atoms with van der Waals surface area (Å²) < 4.78 is 29.3. The molecule has 0 fully saturated rings. The van der Waals surface area contributed by atoms with Crippen LogP contribution < -0.4 is 20.3 Å². The molecular formula is C32H31FN4O5. The molecule has 0 radical (unpaired) electrons. The number of hydrogen-bond donors (Lipinski definition) is 2. The van der Waals surface area contributed by atoms with Crippen molar-refractivity contribution >= 4 is 22.5 Å². The fourth-order valence-corrected chi connectivity index (χ4v) is 4.83. The quantitative estimate of drug-likeness (QED) is 0.235. The van der Waals surface area contributed by atoms with Crippen LogP contribution in [0.4, 0.5) is 10.1 Å². The number of fused-ring (bicyclic) bond motifs is 1. The minimum Gasteiger partial charge on any atom is -0.497 e. The second kappa shape index (κ2) is 11.5. The number of rotatable bonds is 9. The highest BCUT2D eigenvalue weighted by molar-refractivity contribution is 6.05. The zero-order valence-electron chi connectivity index (χ0n) is 23.7. The Bertz CT molecular complexity index is 1820. The Labute approximate surface area is 241 Å². The first-order chi connectivity index (χ1) is 20.1. The van der Waals surface area contributed by atoms with Crippen LogP contribution in [0.15, 0.2) is 83.8 Å². The van der Waals surface area contributed by atoms with Gasteiger partial charge >= 0.3 is 0 Å². The van der Waals surface area contributed by atoms with E-state index in [9.17, 15) is 14.7 Å². The van der Waals surface area contributed by atoms with E-state index in [1.165, 1.54) is 16.8 Å². The molecule has 0 bridgehead atoms. The average Bonchev–Trinajstić information content (AvgIpc) is 3.23. The Hall–Kier alpha value is -4.96. The summed E-state index contributed by atoms with van der Waals surface area (Å²) in [7, 11) is 1.56. The van der Waals surface area contributed by atoms with Gasteiger partial charge in [-0.1, -0.05) is 25.1 Å². The number of nitrogens with one attached hydrogen (secondary N) is 1. The molecule has 0 unspecified atom stereocenters. The predicted octanol–water partition coefficient (Wildman–Crippen LogP) is 5.71. The lowest BCUT2D eigenvalue weighted by atomic mass is 10.1. The smallest absolute Gasteiger partial charge is 0.284 e. The summed E-state index contributed by atoms with van der Waals surface area (Å²) in [5.41, 5.74) is -0.00508. The molecule has 42 heavy (non-hydrogen) atoms. The van der Waals surface area contributed by atoms with Crippen molar-refractivity contribution in [1.29, 1.82) is 0 Å². The third-order valence-electron chi connectivity index (χ3n) is 6.67. The monoisotopic (exact) mass is 570 g/mol. The summed E-state index contributed by atoms with van der Waals surface area (Å²) in [5.74, 6) is -0.397. The molecule has 0 saturated heterocycles. The van der Waals surface area contributed by atoms with E-state index < -0.39 is 22.9 Å². The highest BCUT2D eigenvalue weighted by Gasteiger charge is 2.28. The third kappa shape index (κ3) is 5.75. The van der Waals surface area contributed by atoms with E-state index in [4.69, 9.17) is 9.47 Å². The van der Waals surface area contributed by atoms with Gasteiger partial charge in [-0.2, -0.15) is 0 Å². The van der Waals surface area contributed by atoms with Gasteiger partial charge in [0.05, 0.1) is 36.2 Å². The third-order valence-corrected chi connectivity index (χ3v) is 6.67. The fourth-order valence-electron chi connectivity index (χ4n) is 4.83. The van der Waals surface area contributed by atoms with Crippen LogP contribution in [0.3, 0.4) is 0 Å². The highest BCUT2D eigenvalue weighted by atomic mass is 19.1. The lowest BCUT2D eigenvalue weighted by Gasteiger charge is -2.22. The van der Waals surface area contributed by atoms with Crippen molar-refractivity contribution in [1.82, 2.24) is 14.3 Å². The van der Waals surface area contributed by atoms with Gasteiger partial charge in [0.15, 0.2) is 11.6 Å². The first kappa shape index (κ1) is 28.6. The molecule has 9 nitrogen and oxygen atoms in total. The summed E-state index contributed by atoms with van der Waals surface area (Å²) in [4.78, 5) is 31.5. The summed E-state index contributed by atoms with van der Waals surface area (Å²) in [6.45, 7) is 5.16. The topological polar surface area (TPSA) is 108 Å². The zero-order chi connectivity index (χ0) is 30.0. The van der Waals surface area contributed by atoms with E-state index in [-0.39, 0.29) is 23.5 Å². The van der Waals surface area contributed by atoms with Crippen molar-refractivity contribution in [2.75, 3.05) is 12.4 Å². The number of amides is 1. The van der Waals surface area contributed by atoms with E-state index in [1.807, 2.05) is 13.0 Å². The Morgan fingerprint density at radius 1 is 1.05 bits per heavy atom. The molecule has 0 spiro atoms. The number of pyridine rings is 1. The summed E-state index contributed by atoms with van der Waals surface area (Å²) in [5, 5.41) is 13.9. The van der Waals surface area contributed by atoms with Gasteiger partial charge in [0.25, 0.3) is 11.5 Å². The number of methoxy groups -OCH3 is 1. The van der Waals surface area contributed by atoms with Crippen molar-refractivity contribution in [3.63, 3.8) is 0 Å². The Morgan fingerprint density at radius 3 is 2.48 bits per heavy atom. The minimum absolute atomic E-state index is 0.0478. The molecular weight excluding hydrogens is 539 g/mol. The number of nitrogens with zero attached hydrogens (tertiary/aromatic N) is 3. The van der Waals surface area contributed by atoms with Gasteiger partial charge in [0, 0.05) is 29.4 Å². The predicted molar refractivity (Wildman–Crippen MR) is 158 cm³/mol. The van der Waals surface area contributed by atoms with Crippen LogP contribution in [-0.4, -0.2) is 38.1 Å². The van der Waals surface area contributed by atoms with Crippen molar-refractivity contribution in [3.8, 4) is 22.9 Å². The molecule has 0 saturated carbocycles. The summed E-state index contributed by atoms with van der Waals surface area (Å²) in [6, 6.07) is 19.9. The van der Waals surface area contributed by atoms with E-state index in [2.05, 4.69) is 10.3 Å². The number of benzene rings is 3. The van der Waals surface area contributed by atoms with Crippen LogP contribution in [0.1, 0.15) is 36.8 Å². The van der Waals surface area contributed by atoms with Gasteiger partial charge in [0.2, 0.25) is 0 Å². The standard InChI is InChI=1S/C32H31FN4O5/c1-5-26-29(31(39)37(21-9-7-6-8-10-21)36(26)19-32(2,3)40)30(38)35-20-11-14-28(24(33)17-20)42-27-15-16-34-25-18-22(41-4)12-13-23(25)27/h6-18,40H,5,19H2,1-4H3,(H,35,38). The summed E-state index contributed by atoms with van der Waals surface area (Å²) in [6.07, 6.45) is 1.90. The second-order valence-electron chi connectivity index (χ2n) is 10.4. The largest absolute Gasteiger partial charge is 0.497 e. The van der Waals surface area contributed by atoms with E-state index in [0.717, 1.165) is 6.07 Å². The molecule has 1 amide bonds. The van der Waals surface area contributed by atoms with Crippen molar-refractivity contribution in [2.24, 2.45) is 0 Å². The number of hydrogen-bond acceptors (Lipinski definition) is 6. The first-order valence-corrected chi connectivity index (χ1v) is 13.4. The van der Waals surface area contributed by atoms with Crippen molar-refractivity contribution in [3.05, 3.63) is 106 Å². The van der Waals surface area contributed by atoms with Gasteiger partial charge in [-0.3, -0.25) is 19.3 Å². The molecule has 2 aromatic heterocycles. The zero-order valence-corrected chi connectivity index (χ0v) is 23.7. The molecule has 5 rings (SSSR count). The van der Waals surface area contributed by atoms with Crippen molar-refractivity contribution < 1.29 is 23.8 Å². The van der Waals surface area contributed by atoms with E-state index >= 15 is 4.39 Å². The maximum Gasteiger partial charge on any atom is 0.284 e. The number of aliphatic hydroxyl groups is 1. The number of ether oxygens (including phenoxy) is 2. The van der Waals surface area contributed by atoms with Gasteiger partial charge in [-0.05, 0) is 62.7 Å². The van der Waals surface area contributed by atoms with Crippen LogP contribution in [0.2, 0.25) is 0 Å². The SMILES string of the molecule is CCc1c(C(=O)Nc2ccc(Oc3ccnc4cc(OC)ccc34)c(F)c2)c(=O)n(-c2ccccc2)n1CC(C)(C)O. The molecule has 10 heteroatoms. The number of carbonyl (C=O) groups excluding carboxylic acids is 1. The van der Waals surface area contributed by atoms with Gasteiger partial charge in [0.1, 0.15) is 17.1 Å². The van der Waals surface area contributed by atoms with E-state index in [0.29, 0.717) is 40.2 Å². The minimum atomic E-state index is -1.16. The van der Waals surface area contributed by atoms with Crippen molar-refractivity contribution in [2.45, 2.75) is 39.3 Å². The number of aromatic nitrogens is 3. The van der Waals surface area contributed by atoms with Crippen LogP contribution in [0.25, 0.3) is 16.6 Å².